The number of rotatable bonds is 3. The van der Waals surface area contributed by atoms with Crippen LogP contribution in [0, 0.1) is 5.92 Å². The first-order valence-corrected chi connectivity index (χ1v) is 5.23. The van der Waals surface area contributed by atoms with Crippen molar-refractivity contribution in [1.82, 2.24) is 5.32 Å². The first kappa shape index (κ1) is 8.52. The molecule has 0 bridgehead atoms. The smallest absolute Gasteiger partial charge is 0.0825 e. The minimum Gasteiger partial charge on any atom is -0.388 e. The Kier molecular flexibility index (Phi) is 2.13. The lowest BCUT2D eigenvalue weighted by Gasteiger charge is -2.33. The molecule has 0 aromatic heterocycles. The van der Waals surface area contributed by atoms with Gasteiger partial charge in [0.2, 0.25) is 0 Å². The molecule has 0 amide bonds. The van der Waals surface area contributed by atoms with E-state index in [0.717, 1.165) is 13.0 Å². The highest BCUT2D eigenvalue weighted by molar-refractivity contribution is 5.03. The number of aliphatic hydroxyl groups is 1. The first-order chi connectivity index (χ1) is 5.77. The minimum absolute atomic E-state index is 0.378. The van der Waals surface area contributed by atoms with Gasteiger partial charge in [-0.2, -0.15) is 0 Å². The zero-order valence-electron chi connectivity index (χ0n) is 7.84. The van der Waals surface area contributed by atoms with Gasteiger partial charge in [0.05, 0.1) is 5.60 Å². The summed E-state index contributed by atoms with van der Waals surface area (Å²) >= 11 is 0. The summed E-state index contributed by atoms with van der Waals surface area (Å²) in [6.07, 6.45) is 5.79. The summed E-state index contributed by atoms with van der Waals surface area (Å²) in [4.78, 5) is 0. The lowest BCUT2D eigenvalue weighted by atomic mass is 9.85. The van der Waals surface area contributed by atoms with E-state index in [4.69, 9.17) is 0 Å². The SMILES string of the molecule is CCC(O)(C1CC1)C1CCCN1. The fourth-order valence-electron chi connectivity index (χ4n) is 2.51. The van der Waals surface area contributed by atoms with Gasteiger partial charge in [-0.3, -0.25) is 0 Å². The second kappa shape index (κ2) is 3.00. The molecule has 1 aliphatic heterocycles. The second-order valence-electron chi connectivity index (χ2n) is 4.27. The van der Waals surface area contributed by atoms with Crippen molar-refractivity contribution in [3.8, 4) is 0 Å². The summed E-state index contributed by atoms with van der Waals surface area (Å²) in [5.74, 6) is 0.595. The Balaban J connectivity index is 2.03. The van der Waals surface area contributed by atoms with Crippen molar-refractivity contribution >= 4 is 0 Å². The van der Waals surface area contributed by atoms with E-state index in [1.807, 2.05) is 0 Å². The quantitative estimate of drug-likeness (QED) is 0.667. The van der Waals surface area contributed by atoms with Gasteiger partial charge in [0.1, 0.15) is 0 Å². The van der Waals surface area contributed by atoms with Crippen molar-refractivity contribution < 1.29 is 5.11 Å². The standard InChI is InChI=1S/C10H19NO/c1-2-10(12,8-5-6-8)9-4-3-7-11-9/h8-9,11-12H,2-7H2,1H3. The molecule has 2 atom stereocenters. The Bertz CT molecular complexity index is 161. The van der Waals surface area contributed by atoms with E-state index in [-0.39, 0.29) is 5.60 Å². The van der Waals surface area contributed by atoms with Crippen LogP contribution in [0.5, 0.6) is 0 Å². The van der Waals surface area contributed by atoms with Crippen LogP contribution in [0.1, 0.15) is 39.0 Å². The molecule has 2 fully saturated rings. The Hall–Kier alpha value is -0.0800. The molecular formula is C10H19NO. The van der Waals surface area contributed by atoms with Crippen molar-refractivity contribution in [2.45, 2.75) is 50.7 Å². The Morgan fingerprint density at radius 3 is 2.58 bits per heavy atom. The van der Waals surface area contributed by atoms with Crippen LogP contribution in [0.4, 0.5) is 0 Å². The van der Waals surface area contributed by atoms with Gasteiger partial charge < -0.3 is 10.4 Å². The summed E-state index contributed by atoms with van der Waals surface area (Å²) < 4.78 is 0. The van der Waals surface area contributed by atoms with Gasteiger partial charge in [-0.1, -0.05) is 6.92 Å². The minimum atomic E-state index is -0.378. The molecule has 1 aliphatic carbocycles. The summed E-state index contributed by atoms with van der Waals surface area (Å²) in [5, 5.41) is 13.8. The molecule has 2 aliphatic rings. The first-order valence-electron chi connectivity index (χ1n) is 5.23. The summed E-state index contributed by atoms with van der Waals surface area (Å²) in [7, 11) is 0. The molecule has 2 unspecified atom stereocenters. The molecule has 0 radical (unpaired) electrons. The van der Waals surface area contributed by atoms with Gasteiger partial charge in [0.25, 0.3) is 0 Å². The molecule has 2 nitrogen and oxygen atoms in total. The van der Waals surface area contributed by atoms with Crippen LogP contribution in [-0.2, 0) is 0 Å². The summed E-state index contributed by atoms with van der Waals surface area (Å²) in [6, 6.07) is 0.384. The second-order valence-corrected chi connectivity index (χ2v) is 4.27. The van der Waals surface area contributed by atoms with Gasteiger partial charge in [-0.25, -0.2) is 0 Å². The molecule has 2 heteroatoms. The normalized spacial score (nSPS) is 35.0. The topological polar surface area (TPSA) is 32.3 Å². The average molecular weight is 169 g/mol. The molecule has 2 N–H and O–H groups in total. The van der Waals surface area contributed by atoms with Gasteiger partial charge >= 0.3 is 0 Å². The van der Waals surface area contributed by atoms with Gasteiger partial charge in [-0.05, 0) is 44.6 Å². The molecule has 70 valence electrons. The van der Waals surface area contributed by atoms with Crippen LogP contribution < -0.4 is 5.32 Å². The maximum Gasteiger partial charge on any atom is 0.0825 e. The highest BCUT2D eigenvalue weighted by atomic mass is 16.3. The molecule has 0 spiro atoms. The van der Waals surface area contributed by atoms with Crippen molar-refractivity contribution in [1.29, 1.82) is 0 Å². The third-order valence-electron chi connectivity index (χ3n) is 3.51. The Morgan fingerprint density at radius 2 is 2.17 bits per heavy atom. The van der Waals surface area contributed by atoms with E-state index in [1.54, 1.807) is 0 Å². The lowest BCUT2D eigenvalue weighted by molar-refractivity contribution is -0.0174. The molecule has 1 saturated carbocycles. The van der Waals surface area contributed by atoms with E-state index in [1.165, 1.54) is 25.7 Å². The van der Waals surface area contributed by atoms with Crippen LogP contribution in [-0.4, -0.2) is 23.3 Å². The van der Waals surface area contributed by atoms with Gasteiger partial charge in [0.15, 0.2) is 0 Å². The maximum absolute atomic E-state index is 10.4. The highest BCUT2D eigenvalue weighted by Crippen LogP contribution is 2.44. The maximum atomic E-state index is 10.4. The third-order valence-corrected chi connectivity index (χ3v) is 3.51. The van der Waals surface area contributed by atoms with Crippen LogP contribution in [0.15, 0.2) is 0 Å². The van der Waals surface area contributed by atoms with Gasteiger partial charge in [0, 0.05) is 6.04 Å². The van der Waals surface area contributed by atoms with Crippen molar-refractivity contribution in [3.05, 3.63) is 0 Å². The lowest BCUT2D eigenvalue weighted by Crippen LogP contribution is -2.49. The largest absolute Gasteiger partial charge is 0.388 e. The van der Waals surface area contributed by atoms with E-state index < -0.39 is 0 Å². The molecule has 2 rings (SSSR count). The van der Waals surface area contributed by atoms with Crippen LogP contribution in [0.3, 0.4) is 0 Å². The molecule has 12 heavy (non-hydrogen) atoms. The van der Waals surface area contributed by atoms with E-state index in [0.29, 0.717) is 12.0 Å². The molecule has 1 heterocycles. The Labute approximate surface area is 74.4 Å². The third kappa shape index (κ3) is 1.27. The van der Waals surface area contributed by atoms with Crippen LogP contribution >= 0.6 is 0 Å². The van der Waals surface area contributed by atoms with Crippen molar-refractivity contribution in [2.24, 2.45) is 5.92 Å². The average Bonchev–Trinajstić information content (AvgIpc) is 2.80. The monoisotopic (exact) mass is 169 g/mol. The molecular weight excluding hydrogens is 150 g/mol. The van der Waals surface area contributed by atoms with Gasteiger partial charge in [-0.15, -0.1) is 0 Å². The van der Waals surface area contributed by atoms with E-state index >= 15 is 0 Å². The predicted octanol–water partition coefficient (Wildman–Crippen LogP) is 1.29. The fourth-order valence-corrected chi connectivity index (χ4v) is 2.51. The number of hydrogen-bond acceptors (Lipinski definition) is 2. The van der Waals surface area contributed by atoms with Crippen LogP contribution in [0.2, 0.25) is 0 Å². The zero-order valence-corrected chi connectivity index (χ0v) is 7.84. The van der Waals surface area contributed by atoms with Crippen molar-refractivity contribution in [3.63, 3.8) is 0 Å². The van der Waals surface area contributed by atoms with E-state index in [2.05, 4.69) is 12.2 Å². The fraction of sp³-hybridized carbons (Fsp3) is 1.00. The summed E-state index contributed by atoms with van der Waals surface area (Å²) in [6.45, 7) is 3.21. The predicted molar refractivity (Wildman–Crippen MR) is 49.0 cm³/mol. The van der Waals surface area contributed by atoms with Crippen molar-refractivity contribution in [2.75, 3.05) is 6.54 Å². The number of nitrogens with one attached hydrogen (secondary N) is 1. The highest BCUT2D eigenvalue weighted by Gasteiger charge is 2.48. The molecule has 1 saturated heterocycles. The summed E-state index contributed by atoms with van der Waals surface area (Å²) in [5.41, 5.74) is -0.378. The molecule has 0 aromatic carbocycles. The van der Waals surface area contributed by atoms with E-state index in [9.17, 15) is 5.11 Å². The number of hydrogen-bond donors (Lipinski definition) is 2. The zero-order chi connectivity index (χ0) is 8.60. The Morgan fingerprint density at radius 1 is 1.42 bits per heavy atom. The van der Waals surface area contributed by atoms with Crippen LogP contribution in [0.25, 0.3) is 0 Å². The molecule has 0 aromatic rings.